The Bertz CT molecular complexity index is 1220. The lowest BCUT2D eigenvalue weighted by atomic mass is 10.1. The minimum absolute atomic E-state index is 0.0670. The average Bonchev–Trinajstić information content (AvgIpc) is 3.23. The van der Waals surface area contributed by atoms with Gasteiger partial charge in [-0.25, -0.2) is 9.97 Å². The van der Waals surface area contributed by atoms with Crippen LogP contribution in [-0.4, -0.2) is 47.8 Å². The van der Waals surface area contributed by atoms with E-state index in [4.69, 9.17) is 14.5 Å². The van der Waals surface area contributed by atoms with Gasteiger partial charge in [-0.2, -0.15) is 0 Å². The molecule has 4 aromatic rings. The Morgan fingerprint density at radius 3 is 2.53 bits per heavy atom. The van der Waals surface area contributed by atoms with Gasteiger partial charge in [0.2, 0.25) is 0 Å². The van der Waals surface area contributed by atoms with E-state index in [0.29, 0.717) is 25.3 Å². The number of carbonyl (C=O) groups is 1. The number of methoxy groups -OCH3 is 2. The Morgan fingerprint density at radius 1 is 1.03 bits per heavy atom. The molecule has 0 atom stereocenters. The van der Waals surface area contributed by atoms with E-state index in [0.717, 1.165) is 45.4 Å². The van der Waals surface area contributed by atoms with Crippen LogP contribution >= 0.6 is 11.8 Å². The van der Waals surface area contributed by atoms with Gasteiger partial charge in [0.15, 0.2) is 10.8 Å². The molecule has 0 saturated heterocycles. The second-order valence-electron chi connectivity index (χ2n) is 7.76. The third kappa shape index (κ3) is 5.95. The smallest absolute Gasteiger partial charge is 0.251 e. The molecule has 0 saturated carbocycles. The molecule has 8 heteroatoms. The number of hydrogen-bond donors (Lipinski definition) is 1. The molecule has 2 aromatic heterocycles. The molecule has 0 fully saturated rings. The number of ether oxygens (including phenoxy) is 2. The van der Waals surface area contributed by atoms with Crippen molar-refractivity contribution in [2.45, 2.75) is 23.9 Å². The molecule has 2 aromatic carbocycles. The van der Waals surface area contributed by atoms with Crippen LogP contribution in [-0.2, 0) is 17.0 Å². The van der Waals surface area contributed by atoms with Gasteiger partial charge in [0.25, 0.3) is 5.91 Å². The fourth-order valence-electron chi connectivity index (χ4n) is 3.52. The van der Waals surface area contributed by atoms with Crippen LogP contribution < -0.4 is 10.1 Å². The van der Waals surface area contributed by atoms with Gasteiger partial charge in [-0.05, 0) is 53.9 Å². The maximum atomic E-state index is 12.3. The zero-order valence-corrected chi connectivity index (χ0v) is 20.2. The van der Waals surface area contributed by atoms with E-state index in [2.05, 4.69) is 27.0 Å². The van der Waals surface area contributed by atoms with Crippen molar-refractivity contribution in [3.63, 3.8) is 0 Å². The van der Waals surface area contributed by atoms with Crippen molar-refractivity contribution in [2.75, 3.05) is 27.4 Å². The van der Waals surface area contributed by atoms with Crippen molar-refractivity contribution >= 4 is 28.8 Å². The Kier molecular flexibility index (Phi) is 8.17. The summed E-state index contributed by atoms with van der Waals surface area (Å²) in [7, 11) is 3.32. The molecule has 4 rings (SSSR count). The van der Waals surface area contributed by atoms with Crippen LogP contribution in [0.3, 0.4) is 0 Å². The molecule has 0 aliphatic heterocycles. The monoisotopic (exact) mass is 476 g/mol. The largest absolute Gasteiger partial charge is 0.497 e. The molecule has 0 unspecified atom stereocenters. The second-order valence-corrected chi connectivity index (χ2v) is 8.71. The first-order valence-corrected chi connectivity index (χ1v) is 12.1. The van der Waals surface area contributed by atoms with Crippen LogP contribution in [0.2, 0.25) is 0 Å². The van der Waals surface area contributed by atoms with Crippen molar-refractivity contribution in [3.05, 3.63) is 83.6 Å². The van der Waals surface area contributed by atoms with Gasteiger partial charge in [0, 0.05) is 37.8 Å². The highest BCUT2D eigenvalue weighted by Gasteiger charge is 2.13. The first kappa shape index (κ1) is 23.8. The highest BCUT2D eigenvalue weighted by molar-refractivity contribution is 7.98. The number of aromatic nitrogens is 3. The number of fused-ring (bicyclic) bond motifs is 1. The van der Waals surface area contributed by atoms with Crippen LogP contribution in [0, 0.1) is 0 Å². The van der Waals surface area contributed by atoms with Crippen LogP contribution in [0.1, 0.15) is 27.9 Å². The van der Waals surface area contributed by atoms with E-state index in [1.807, 2.05) is 48.5 Å². The van der Waals surface area contributed by atoms with Crippen LogP contribution in [0.25, 0.3) is 11.2 Å². The van der Waals surface area contributed by atoms with E-state index >= 15 is 0 Å². The molecule has 1 amide bonds. The fourth-order valence-corrected chi connectivity index (χ4v) is 4.48. The summed E-state index contributed by atoms with van der Waals surface area (Å²) in [5.74, 6) is 1.50. The van der Waals surface area contributed by atoms with Crippen molar-refractivity contribution < 1.29 is 14.3 Å². The van der Waals surface area contributed by atoms with Crippen molar-refractivity contribution in [3.8, 4) is 5.75 Å². The number of pyridine rings is 1. The number of nitrogens with one attached hydrogen (secondary N) is 1. The van der Waals surface area contributed by atoms with E-state index in [1.54, 1.807) is 32.2 Å². The lowest BCUT2D eigenvalue weighted by molar-refractivity contribution is 0.0948. The Balaban J connectivity index is 1.44. The number of amides is 1. The lowest BCUT2D eigenvalue weighted by Gasteiger charge is -2.10. The van der Waals surface area contributed by atoms with Crippen LogP contribution in [0.4, 0.5) is 0 Å². The minimum Gasteiger partial charge on any atom is -0.497 e. The third-order valence-corrected chi connectivity index (χ3v) is 6.41. The molecule has 34 heavy (non-hydrogen) atoms. The Labute approximate surface area is 203 Å². The summed E-state index contributed by atoms with van der Waals surface area (Å²) in [5.41, 5.74) is 4.66. The molecule has 1 N–H and O–H groups in total. The molecule has 0 radical (unpaired) electrons. The van der Waals surface area contributed by atoms with E-state index in [-0.39, 0.29) is 5.91 Å². The quantitative estimate of drug-likeness (QED) is 0.253. The Hall–Kier alpha value is -3.36. The van der Waals surface area contributed by atoms with Gasteiger partial charge in [-0.15, -0.1) is 0 Å². The van der Waals surface area contributed by atoms with E-state index in [1.165, 1.54) is 0 Å². The first-order valence-electron chi connectivity index (χ1n) is 11.1. The number of thioether (sulfide) groups is 1. The number of nitrogens with zero attached hydrogens (tertiary/aromatic N) is 3. The van der Waals surface area contributed by atoms with Crippen LogP contribution in [0.15, 0.2) is 72.0 Å². The van der Waals surface area contributed by atoms with Gasteiger partial charge in [-0.1, -0.05) is 36.0 Å². The molecular formula is C26H28N4O3S. The predicted molar refractivity (Wildman–Crippen MR) is 134 cm³/mol. The van der Waals surface area contributed by atoms with Crippen molar-refractivity contribution in [2.24, 2.45) is 0 Å². The van der Waals surface area contributed by atoms with Gasteiger partial charge < -0.3 is 14.8 Å². The SMILES string of the molecule is COCCCNC(=O)c1ccc(CSc2nc3cccnc3n2Cc2ccc(OC)cc2)cc1. The summed E-state index contributed by atoms with van der Waals surface area (Å²) in [6.45, 7) is 1.90. The minimum atomic E-state index is -0.0670. The summed E-state index contributed by atoms with van der Waals surface area (Å²) in [5, 5.41) is 3.82. The Morgan fingerprint density at radius 2 is 1.79 bits per heavy atom. The molecule has 176 valence electrons. The normalized spacial score (nSPS) is 11.0. The molecule has 0 aliphatic carbocycles. The lowest BCUT2D eigenvalue weighted by Crippen LogP contribution is -2.25. The zero-order chi connectivity index (χ0) is 23.8. The summed E-state index contributed by atoms with van der Waals surface area (Å²) in [6.07, 6.45) is 2.59. The second kappa shape index (κ2) is 11.7. The maximum absolute atomic E-state index is 12.3. The average molecular weight is 477 g/mol. The number of hydrogen-bond acceptors (Lipinski definition) is 6. The highest BCUT2D eigenvalue weighted by Crippen LogP contribution is 2.27. The standard InChI is InChI=1S/C26H28N4O3S/c1-32-16-4-15-28-25(31)21-10-6-20(7-11-21)18-34-26-29-23-5-3-14-27-24(23)30(26)17-19-8-12-22(33-2)13-9-19/h3,5-14H,4,15-18H2,1-2H3,(H,28,31). The summed E-state index contributed by atoms with van der Waals surface area (Å²) in [6, 6.07) is 19.6. The topological polar surface area (TPSA) is 78.3 Å². The molecule has 0 spiro atoms. The number of benzene rings is 2. The molecule has 7 nitrogen and oxygen atoms in total. The van der Waals surface area contributed by atoms with Gasteiger partial charge in [0.1, 0.15) is 11.3 Å². The fraction of sp³-hybridized carbons (Fsp3) is 0.269. The molecule has 0 aliphatic rings. The zero-order valence-electron chi connectivity index (χ0n) is 19.4. The van der Waals surface area contributed by atoms with Crippen molar-refractivity contribution in [1.29, 1.82) is 0 Å². The molecule has 2 heterocycles. The van der Waals surface area contributed by atoms with E-state index < -0.39 is 0 Å². The summed E-state index contributed by atoms with van der Waals surface area (Å²) >= 11 is 1.66. The summed E-state index contributed by atoms with van der Waals surface area (Å²) in [4.78, 5) is 21.7. The molecular weight excluding hydrogens is 448 g/mol. The highest BCUT2D eigenvalue weighted by atomic mass is 32.2. The number of imidazole rings is 1. The van der Waals surface area contributed by atoms with Gasteiger partial charge in [0.05, 0.1) is 13.7 Å². The summed E-state index contributed by atoms with van der Waals surface area (Å²) < 4.78 is 12.4. The molecule has 0 bridgehead atoms. The van der Waals surface area contributed by atoms with Gasteiger partial charge >= 0.3 is 0 Å². The maximum Gasteiger partial charge on any atom is 0.251 e. The predicted octanol–water partition coefficient (Wildman–Crippen LogP) is 4.55. The first-order chi connectivity index (χ1) is 16.7. The number of carbonyl (C=O) groups excluding carboxylic acids is 1. The van der Waals surface area contributed by atoms with E-state index in [9.17, 15) is 4.79 Å². The van der Waals surface area contributed by atoms with Crippen LogP contribution in [0.5, 0.6) is 5.75 Å². The third-order valence-electron chi connectivity index (χ3n) is 5.36. The van der Waals surface area contributed by atoms with Gasteiger partial charge in [-0.3, -0.25) is 9.36 Å². The number of rotatable bonds is 11. The van der Waals surface area contributed by atoms with Crippen molar-refractivity contribution in [1.82, 2.24) is 19.9 Å².